The van der Waals surface area contributed by atoms with Crippen LogP contribution in [0.3, 0.4) is 0 Å². The van der Waals surface area contributed by atoms with E-state index in [0.29, 0.717) is 11.6 Å². The minimum absolute atomic E-state index is 0.357. The molecule has 1 saturated carbocycles. The zero-order valence-corrected chi connectivity index (χ0v) is 9.05. The molecule has 1 aliphatic rings. The van der Waals surface area contributed by atoms with Gasteiger partial charge in [0.2, 0.25) is 0 Å². The maximum atomic E-state index is 10.9. The van der Waals surface area contributed by atoms with Crippen molar-refractivity contribution in [1.29, 1.82) is 0 Å². The van der Waals surface area contributed by atoms with E-state index >= 15 is 0 Å². The molecule has 82 valence electrons. The Balaban J connectivity index is 2.21. The molecular formula is C12H17NO2. The lowest BCUT2D eigenvalue weighted by Crippen LogP contribution is -2.05. The summed E-state index contributed by atoms with van der Waals surface area (Å²) in [4.78, 5) is 13.9. The van der Waals surface area contributed by atoms with E-state index < -0.39 is 5.97 Å². The fraction of sp³-hybridized carbons (Fsp3) is 0.583. The van der Waals surface area contributed by atoms with Gasteiger partial charge in [0, 0.05) is 5.69 Å². The van der Waals surface area contributed by atoms with Crippen molar-refractivity contribution in [3.8, 4) is 0 Å². The molecule has 0 unspecified atom stereocenters. The van der Waals surface area contributed by atoms with E-state index in [1.807, 2.05) is 13.0 Å². The van der Waals surface area contributed by atoms with E-state index in [1.54, 1.807) is 0 Å². The number of carbonyl (C=O) groups is 1. The zero-order valence-electron chi connectivity index (χ0n) is 9.05. The Labute approximate surface area is 89.5 Å². The first-order valence-corrected chi connectivity index (χ1v) is 5.61. The van der Waals surface area contributed by atoms with E-state index in [1.165, 1.54) is 32.1 Å². The highest BCUT2D eigenvalue weighted by molar-refractivity contribution is 5.87. The summed E-state index contributed by atoms with van der Waals surface area (Å²) in [6, 6.07) is 2.00. The number of aromatic carboxylic acids is 1. The van der Waals surface area contributed by atoms with Gasteiger partial charge in [0.05, 0.1) is 0 Å². The Bertz CT molecular complexity index is 362. The lowest BCUT2D eigenvalue weighted by atomic mass is 9.87. The molecule has 0 saturated heterocycles. The first-order chi connectivity index (χ1) is 7.18. The molecule has 0 radical (unpaired) electrons. The van der Waals surface area contributed by atoms with Gasteiger partial charge in [-0.3, -0.25) is 0 Å². The van der Waals surface area contributed by atoms with Crippen LogP contribution in [0.15, 0.2) is 6.07 Å². The average molecular weight is 207 g/mol. The first kappa shape index (κ1) is 10.3. The van der Waals surface area contributed by atoms with E-state index in [9.17, 15) is 4.79 Å². The summed E-state index contributed by atoms with van der Waals surface area (Å²) < 4.78 is 0. The number of nitrogens with one attached hydrogen (secondary N) is 1. The Morgan fingerprint density at radius 3 is 2.60 bits per heavy atom. The molecule has 2 rings (SSSR count). The predicted molar refractivity (Wildman–Crippen MR) is 58.3 cm³/mol. The SMILES string of the molecule is Cc1cc(C2CCCCC2)[nH]c1C(=O)O. The maximum absolute atomic E-state index is 10.9. The minimum Gasteiger partial charge on any atom is -0.477 e. The fourth-order valence-corrected chi connectivity index (χ4v) is 2.44. The van der Waals surface area contributed by atoms with Crippen molar-refractivity contribution in [2.75, 3.05) is 0 Å². The van der Waals surface area contributed by atoms with Gasteiger partial charge in [0.1, 0.15) is 5.69 Å². The van der Waals surface area contributed by atoms with Gasteiger partial charge in [0.15, 0.2) is 0 Å². The average Bonchev–Trinajstić information content (AvgIpc) is 2.62. The zero-order chi connectivity index (χ0) is 10.8. The van der Waals surface area contributed by atoms with Crippen LogP contribution in [0.5, 0.6) is 0 Å². The van der Waals surface area contributed by atoms with Crippen molar-refractivity contribution < 1.29 is 9.90 Å². The molecule has 3 nitrogen and oxygen atoms in total. The van der Waals surface area contributed by atoms with E-state index in [0.717, 1.165) is 11.3 Å². The largest absolute Gasteiger partial charge is 0.477 e. The number of rotatable bonds is 2. The van der Waals surface area contributed by atoms with Crippen LogP contribution < -0.4 is 0 Å². The quantitative estimate of drug-likeness (QED) is 0.783. The molecular weight excluding hydrogens is 190 g/mol. The van der Waals surface area contributed by atoms with Gasteiger partial charge in [-0.2, -0.15) is 0 Å². The number of carboxylic acid groups (broad SMARTS) is 1. The number of aromatic amines is 1. The van der Waals surface area contributed by atoms with Crippen molar-refractivity contribution >= 4 is 5.97 Å². The standard InChI is InChI=1S/C12H17NO2/c1-8-7-10(13-11(8)12(14)15)9-5-3-2-4-6-9/h7,9,13H,2-6H2,1H3,(H,14,15). The van der Waals surface area contributed by atoms with E-state index in [4.69, 9.17) is 5.11 Å². The van der Waals surface area contributed by atoms with Gasteiger partial charge in [-0.25, -0.2) is 4.79 Å². The second kappa shape index (κ2) is 4.09. The molecule has 0 aliphatic heterocycles. The molecule has 1 heterocycles. The van der Waals surface area contributed by atoms with Crippen LogP contribution >= 0.6 is 0 Å². The molecule has 1 aliphatic carbocycles. The lowest BCUT2D eigenvalue weighted by molar-refractivity contribution is 0.0690. The summed E-state index contributed by atoms with van der Waals surface area (Å²) in [6.45, 7) is 1.85. The van der Waals surface area contributed by atoms with Gasteiger partial charge in [-0.05, 0) is 37.3 Å². The van der Waals surface area contributed by atoms with Crippen LogP contribution in [0.4, 0.5) is 0 Å². The smallest absolute Gasteiger partial charge is 0.352 e. The Hall–Kier alpha value is -1.25. The van der Waals surface area contributed by atoms with Crippen molar-refractivity contribution in [1.82, 2.24) is 4.98 Å². The van der Waals surface area contributed by atoms with Gasteiger partial charge in [-0.15, -0.1) is 0 Å². The molecule has 1 aromatic rings. The predicted octanol–water partition coefficient (Wildman–Crippen LogP) is 3.07. The van der Waals surface area contributed by atoms with Crippen molar-refractivity contribution in [3.05, 3.63) is 23.0 Å². The normalized spacial score (nSPS) is 17.9. The third-order valence-corrected chi connectivity index (χ3v) is 3.29. The molecule has 0 bridgehead atoms. The molecule has 0 amide bonds. The van der Waals surface area contributed by atoms with Gasteiger partial charge >= 0.3 is 5.97 Å². The summed E-state index contributed by atoms with van der Waals surface area (Å²) in [5, 5.41) is 8.95. The van der Waals surface area contributed by atoms with Crippen molar-refractivity contribution in [3.63, 3.8) is 0 Å². The van der Waals surface area contributed by atoms with Crippen molar-refractivity contribution in [2.24, 2.45) is 0 Å². The van der Waals surface area contributed by atoms with Crippen molar-refractivity contribution in [2.45, 2.75) is 44.9 Å². The topological polar surface area (TPSA) is 53.1 Å². The minimum atomic E-state index is -0.852. The van der Waals surface area contributed by atoms with Crippen LogP contribution in [0, 0.1) is 6.92 Å². The van der Waals surface area contributed by atoms with Gasteiger partial charge < -0.3 is 10.1 Å². The summed E-state index contributed by atoms with van der Waals surface area (Å²) in [5.41, 5.74) is 2.32. The molecule has 0 aromatic carbocycles. The van der Waals surface area contributed by atoms with Crippen LogP contribution in [0.1, 0.15) is 59.8 Å². The summed E-state index contributed by atoms with van der Waals surface area (Å²) in [6.07, 6.45) is 6.25. The molecule has 0 spiro atoms. The fourth-order valence-electron chi connectivity index (χ4n) is 2.44. The maximum Gasteiger partial charge on any atom is 0.352 e. The molecule has 0 atom stereocenters. The summed E-state index contributed by atoms with van der Waals surface area (Å²) in [7, 11) is 0. The second-order valence-electron chi connectivity index (χ2n) is 4.42. The Kier molecular flexibility index (Phi) is 2.80. The molecule has 2 N–H and O–H groups in total. The van der Waals surface area contributed by atoms with Crippen LogP contribution in [0.2, 0.25) is 0 Å². The summed E-state index contributed by atoms with van der Waals surface area (Å²) in [5.74, 6) is -0.305. The van der Waals surface area contributed by atoms with Crippen LogP contribution in [-0.2, 0) is 0 Å². The summed E-state index contributed by atoms with van der Waals surface area (Å²) >= 11 is 0. The monoisotopic (exact) mass is 207 g/mol. The lowest BCUT2D eigenvalue weighted by Gasteiger charge is -2.20. The number of hydrogen-bond donors (Lipinski definition) is 2. The number of hydrogen-bond acceptors (Lipinski definition) is 1. The van der Waals surface area contributed by atoms with E-state index in [-0.39, 0.29) is 0 Å². The van der Waals surface area contributed by atoms with Crippen LogP contribution in [-0.4, -0.2) is 16.1 Å². The molecule has 3 heteroatoms. The highest BCUT2D eigenvalue weighted by Gasteiger charge is 2.19. The Morgan fingerprint density at radius 2 is 2.07 bits per heavy atom. The number of H-pyrrole nitrogens is 1. The highest BCUT2D eigenvalue weighted by Crippen LogP contribution is 2.32. The van der Waals surface area contributed by atoms with Gasteiger partial charge in [-0.1, -0.05) is 19.3 Å². The van der Waals surface area contributed by atoms with Gasteiger partial charge in [0.25, 0.3) is 0 Å². The third kappa shape index (κ3) is 2.06. The highest BCUT2D eigenvalue weighted by atomic mass is 16.4. The Morgan fingerprint density at radius 1 is 1.40 bits per heavy atom. The third-order valence-electron chi connectivity index (χ3n) is 3.29. The molecule has 1 aromatic heterocycles. The van der Waals surface area contributed by atoms with Crippen LogP contribution in [0.25, 0.3) is 0 Å². The second-order valence-corrected chi connectivity index (χ2v) is 4.42. The number of aryl methyl sites for hydroxylation is 1. The molecule has 1 fully saturated rings. The number of carboxylic acids is 1. The number of aromatic nitrogens is 1. The molecule has 15 heavy (non-hydrogen) atoms. The first-order valence-electron chi connectivity index (χ1n) is 5.61. The van der Waals surface area contributed by atoms with E-state index in [2.05, 4.69) is 4.98 Å².